The Morgan fingerprint density at radius 1 is 1.42 bits per heavy atom. The fraction of sp³-hybridized carbons (Fsp3) is 0.500. The summed E-state index contributed by atoms with van der Waals surface area (Å²) in [4.78, 5) is 4.48. The van der Waals surface area contributed by atoms with Crippen molar-refractivity contribution in [2.24, 2.45) is 0 Å². The summed E-state index contributed by atoms with van der Waals surface area (Å²) < 4.78 is 19.2. The largest absolute Gasteiger partial charge is 0.439 e. The van der Waals surface area contributed by atoms with Crippen molar-refractivity contribution in [3.63, 3.8) is 0 Å². The lowest BCUT2D eigenvalue weighted by Crippen LogP contribution is -2.39. The molecule has 0 spiro atoms. The smallest absolute Gasteiger partial charge is 0.201 e. The molecule has 1 aromatic heterocycles. The molecule has 102 valence electrons. The van der Waals surface area contributed by atoms with E-state index in [-0.39, 0.29) is 16.3 Å². The number of oxazole rings is 1. The predicted octanol–water partition coefficient (Wildman–Crippen LogP) is 3.65. The van der Waals surface area contributed by atoms with Crippen LogP contribution in [0.1, 0.15) is 32.1 Å². The Kier molecular flexibility index (Phi) is 3.23. The molecule has 3 rings (SSSR count). The second-order valence-corrected chi connectivity index (χ2v) is 5.55. The first-order chi connectivity index (χ1) is 9.14. The SMILES string of the molecule is CCC1(c2nc3cc(F)cc(Cl)c3o2)CCNCC1. The van der Waals surface area contributed by atoms with E-state index in [1.165, 1.54) is 12.1 Å². The fourth-order valence-electron chi connectivity index (χ4n) is 2.81. The van der Waals surface area contributed by atoms with E-state index in [1.54, 1.807) is 0 Å². The van der Waals surface area contributed by atoms with Crippen molar-refractivity contribution in [3.05, 3.63) is 28.9 Å². The number of hydrogen-bond donors (Lipinski definition) is 1. The third-order valence-corrected chi connectivity index (χ3v) is 4.38. The van der Waals surface area contributed by atoms with E-state index in [0.29, 0.717) is 17.0 Å². The van der Waals surface area contributed by atoms with Crippen molar-refractivity contribution in [3.8, 4) is 0 Å². The van der Waals surface area contributed by atoms with Gasteiger partial charge in [0.1, 0.15) is 11.3 Å². The molecule has 19 heavy (non-hydrogen) atoms. The molecule has 0 amide bonds. The summed E-state index contributed by atoms with van der Waals surface area (Å²) in [6.45, 7) is 4.05. The Morgan fingerprint density at radius 2 is 2.16 bits per heavy atom. The van der Waals surface area contributed by atoms with Crippen molar-refractivity contribution in [2.45, 2.75) is 31.6 Å². The number of aromatic nitrogens is 1. The van der Waals surface area contributed by atoms with E-state index in [9.17, 15) is 4.39 Å². The summed E-state index contributed by atoms with van der Waals surface area (Å²) in [7, 11) is 0. The van der Waals surface area contributed by atoms with Gasteiger partial charge in [0.2, 0.25) is 5.89 Å². The maximum absolute atomic E-state index is 13.4. The highest BCUT2D eigenvalue weighted by atomic mass is 35.5. The van der Waals surface area contributed by atoms with E-state index < -0.39 is 0 Å². The van der Waals surface area contributed by atoms with Gasteiger partial charge in [-0.05, 0) is 38.4 Å². The second-order valence-electron chi connectivity index (χ2n) is 5.14. The van der Waals surface area contributed by atoms with E-state index in [4.69, 9.17) is 16.0 Å². The maximum atomic E-state index is 13.4. The normalized spacial score (nSPS) is 18.9. The number of hydrogen-bond acceptors (Lipinski definition) is 3. The molecule has 5 heteroatoms. The van der Waals surface area contributed by atoms with Crippen LogP contribution in [0.4, 0.5) is 4.39 Å². The molecule has 0 radical (unpaired) electrons. The van der Waals surface area contributed by atoms with Crippen molar-refractivity contribution >= 4 is 22.7 Å². The molecule has 1 saturated heterocycles. The zero-order valence-electron chi connectivity index (χ0n) is 10.8. The zero-order chi connectivity index (χ0) is 13.5. The summed E-state index contributed by atoms with van der Waals surface area (Å²) in [6, 6.07) is 2.64. The number of rotatable bonds is 2. The van der Waals surface area contributed by atoms with Crippen molar-refractivity contribution in [1.82, 2.24) is 10.3 Å². The van der Waals surface area contributed by atoms with Crippen LogP contribution >= 0.6 is 11.6 Å². The molecule has 2 aromatic rings. The molecule has 1 fully saturated rings. The molecule has 1 aliphatic heterocycles. The number of piperidine rings is 1. The average Bonchev–Trinajstić information content (AvgIpc) is 2.84. The number of benzene rings is 1. The van der Waals surface area contributed by atoms with Crippen LogP contribution in [0.15, 0.2) is 16.5 Å². The number of halogens is 2. The second kappa shape index (κ2) is 4.76. The van der Waals surface area contributed by atoms with Crippen LogP contribution in [0.25, 0.3) is 11.1 Å². The lowest BCUT2D eigenvalue weighted by Gasteiger charge is -2.33. The van der Waals surface area contributed by atoms with Crippen LogP contribution in [0.3, 0.4) is 0 Å². The van der Waals surface area contributed by atoms with E-state index >= 15 is 0 Å². The molecule has 0 bridgehead atoms. The van der Waals surface area contributed by atoms with Gasteiger partial charge in [-0.15, -0.1) is 0 Å². The van der Waals surface area contributed by atoms with E-state index in [0.717, 1.165) is 32.4 Å². The minimum atomic E-state index is -0.381. The molecule has 1 aromatic carbocycles. The van der Waals surface area contributed by atoms with Crippen molar-refractivity contribution < 1.29 is 8.81 Å². The molecule has 1 aliphatic rings. The highest BCUT2D eigenvalue weighted by Gasteiger charge is 2.37. The van der Waals surface area contributed by atoms with Crippen molar-refractivity contribution in [2.75, 3.05) is 13.1 Å². The van der Waals surface area contributed by atoms with Crippen LogP contribution in [-0.2, 0) is 5.41 Å². The molecule has 3 nitrogen and oxygen atoms in total. The average molecular weight is 283 g/mol. The van der Waals surface area contributed by atoms with Gasteiger partial charge >= 0.3 is 0 Å². The maximum Gasteiger partial charge on any atom is 0.201 e. The predicted molar refractivity (Wildman–Crippen MR) is 73.0 cm³/mol. The van der Waals surface area contributed by atoms with Crippen LogP contribution in [0.2, 0.25) is 5.02 Å². The van der Waals surface area contributed by atoms with Crippen LogP contribution in [0.5, 0.6) is 0 Å². The zero-order valence-corrected chi connectivity index (χ0v) is 11.6. The van der Waals surface area contributed by atoms with Crippen LogP contribution in [0, 0.1) is 5.82 Å². The Hall–Kier alpha value is -1.13. The molecule has 0 unspecified atom stereocenters. The Labute approximate surface area is 116 Å². The van der Waals surface area contributed by atoms with Crippen LogP contribution < -0.4 is 5.32 Å². The topological polar surface area (TPSA) is 38.1 Å². The highest BCUT2D eigenvalue weighted by molar-refractivity contribution is 6.34. The number of nitrogens with one attached hydrogen (secondary N) is 1. The summed E-state index contributed by atoms with van der Waals surface area (Å²) in [5.74, 6) is 0.312. The van der Waals surface area contributed by atoms with Crippen LogP contribution in [-0.4, -0.2) is 18.1 Å². The number of fused-ring (bicyclic) bond motifs is 1. The fourth-order valence-corrected chi connectivity index (χ4v) is 3.05. The van der Waals surface area contributed by atoms with Gasteiger partial charge in [0.15, 0.2) is 5.58 Å². The molecule has 1 N–H and O–H groups in total. The van der Waals surface area contributed by atoms with Gasteiger partial charge in [0.25, 0.3) is 0 Å². The minimum absolute atomic E-state index is 0.0515. The van der Waals surface area contributed by atoms with Gasteiger partial charge in [-0.3, -0.25) is 0 Å². The first-order valence-electron chi connectivity index (χ1n) is 6.61. The monoisotopic (exact) mass is 282 g/mol. The van der Waals surface area contributed by atoms with Gasteiger partial charge in [-0.1, -0.05) is 18.5 Å². The van der Waals surface area contributed by atoms with E-state index in [1.807, 2.05) is 0 Å². The van der Waals surface area contributed by atoms with Gasteiger partial charge in [-0.2, -0.15) is 0 Å². The summed E-state index contributed by atoms with van der Waals surface area (Å²) >= 11 is 6.02. The third-order valence-electron chi connectivity index (χ3n) is 4.10. The Balaban J connectivity index is 2.11. The summed E-state index contributed by atoms with van der Waals surface area (Å²) in [6.07, 6.45) is 2.93. The molecular formula is C14H16ClFN2O. The molecule has 0 saturated carbocycles. The Morgan fingerprint density at radius 3 is 2.84 bits per heavy atom. The number of nitrogens with zero attached hydrogens (tertiary/aromatic N) is 1. The lowest BCUT2D eigenvalue weighted by molar-refractivity contribution is 0.243. The molecule has 0 aliphatic carbocycles. The lowest BCUT2D eigenvalue weighted by atomic mass is 9.76. The van der Waals surface area contributed by atoms with Gasteiger partial charge in [0.05, 0.1) is 5.02 Å². The molecule has 2 heterocycles. The Bertz CT molecular complexity index is 605. The van der Waals surface area contributed by atoms with Crippen molar-refractivity contribution in [1.29, 1.82) is 0 Å². The van der Waals surface area contributed by atoms with E-state index in [2.05, 4.69) is 17.2 Å². The highest BCUT2D eigenvalue weighted by Crippen LogP contribution is 2.38. The summed E-state index contributed by atoms with van der Waals surface area (Å²) in [5.41, 5.74) is 0.945. The van der Waals surface area contributed by atoms with Gasteiger partial charge in [-0.25, -0.2) is 9.37 Å². The minimum Gasteiger partial charge on any atom is -0.439 e. The van der Waals surface area contributed by atoms with Gasteiger partial charge < -0.3 is 9.73 Å². The molecular weight excluding hydrogens is 267 g/mol. The third kappa shape index (κ3) is 2.13. The quantitative estimate of drug-likeness (QED) is 0.914. The first-order valence-corrected chi connectivity index (χ1v) is 6.99. The molecule has 0 atom stereocenters. The summed E-state index contributed by atoms with van der Waals surface area (Å²) in [5, 5.41) is 3.63. The van der Waals surface area contributed by atoms with Gasteiger partial charge in [0, 0.05) is 11.5 Å². The first kappa shape index (κ1) is 12.9. The standard InChI is InChI=1S/C14H16ClFN2O/c1-2-14(3-5-17-6-4-14)13-18-11-8-9(16)7-10(15)12(11)19-13/h7-8,17H,2-6H2,1H3.